The molecular weight excluding hydrogens is 348 g/mol. The molecule has 0 aliphatic carbocycles. The molecule has 1 aliphatic heterocycles. The van der Waals surface area contributed by atoms with Crippen LogP contribution in [0.5, 0.6) is 11.6 Å². The Hall–Kier alpha value is -2.86. The number of benzene rings is 2. The van der Waals surface area contributed by atoms with E-state index in [0.29, 0.717) is 23.2 Å². The molecule has 0 fully saturated rings. The molecule has 0 unspecified atom stereocenters. The number of aromatic nitrogens is 2. The van der Waals surface area contributed by atoms with Gasteiger partial charge in [0.15, 0.2) is 5.82 Å². The number of fused-ring (bicyclic) bond motifs is 2. The topological polar surface area (TPSA) is 72.3 Å². The number of nitrogens with zero attached hydrogens (tertiary/aromatic N) is 2. The number of aliphatic carboxylic acids is 1. The maximum Gasteiger partial charge on any atom is 0.313 e. The molecule has 2 heterocycles. The van der Waals surface area contributed by atoms with E-state index in [1.165, 1.54) is 11.8 Å². The molecule has 0 amide bonds. The highest BCUT2D eigenvalue weighted by atomic mass is 32.2. The van der Waals surface area contributed by atoms with Crippen molar-refractivity contribution in [1.29, 1.82) is 0 Å². The summed E-state index contributed by atoms with van der Waals surface area (Å²) in [7, 11) is 0. The molecule has 0 saturated heterocycles. The zero-order valence-corrected chi connectivity index (χ0v) is 14.9. The minimum absolute atomic E-state index is 0.0572. The number of thioether (sulfide) groups is 1. The lowest BCUT2D eigenvalue weighted by molar-refractivity contribution is -0.133. The van der Waals surface area contributed by atoms with E-state index in [0.717, 1.165) is 28.0 Å². The molecule has 0 radical (unpaired) electrons. The molecule has 6 heteroatoms. The Morgan fingerprint density at radius 3 is 2.73 bits per heavy atom. The fraction of sp³-hybridized carbons (Fsp3) is 0.150. The first-order valence-corrected chi connectivity index (χ1v) is 9.17. The largest absolute Gasteiger partial charge is 0.481 e. The highest BCUT2D eigenvalue weighted by molar-refractivity contribution is 7.99. The smallest absolute Gasteiger partial charge is 0.313 e. The van der Waals surface area contributed by atoms with Gasteiger partial charge in [-0.15, -0.1) is 0 Å². The second-order valence-electron chi connectivity index (χ2n) is 6.03. The van der Waals surface area contributed by atoms with Crippen molar-refractivity contribution >= 4 is 17.7 Å². The van der Waals surface area contributed by atoms with E-state index in [-0.39, 0.29) is 5.75 Å². The van der Waals surface area contributed by atoms with Gasteiger partial charge in [-0.05, 0) is 18.1 Å². The number of para-hydroxylation sites is 1. The van der Waals surface area contributed by atoms with Crippen molar-refractivity contribution in [2.24, 2.45) is 0 Å². The maximum atomic E-state index is 11.0. The molecule has 0 bridgehead atoms. The van der Waals surface area contributed by atoms with Gasteiger partial charge in [-0.2, -0.15) is 4.98 Å². The Morgan fingerprint density at radius 2 is 1.96 bits per heavy atom. The lowest BCUT2D eigenvalue weighted by atomic mass is 10.0. The van der Waals surface area contributed by atoms with Crippen LogP contribution in [-0.4, -0.2) is 26.8 Å². The first kappa shape index (κ1) is 16.6. The van der Waals surface area contributed by atoms with E-state index in [1.807, 2.05) is 55.5 Å². The van der Waals surface area contributed by atoms with E-state index in [4.69, 9.17) is 9.84 Å². The fourth-order valence-corrected chi connectivity index (χ4v) is 3.68. The van der Waals surface area contributed by atoms with E-state index in [2.05, 4.69) is 9.97 Å². The van der Waals surface area contributed by atoms with Crippen molar-refractivity contribution in [3.8, 4) is 23.0 Å². The minimum atomic E-state index is -0.878. The highest BCUT2D eigenvalue weighted by Gasteiger charge is 2.25. The summed E-state index contributed by atoms with van der Waals surface area (Å²) in [5.41, 5.74) is 3.82. The minimum Gasteiger partial charge on any atom is -0.481 e. The first-order chi connectivity index (χ1) is 12.6. The summed E-state index contributed by atoms with van der Waals surface area (Å²) in [6.07, 6.45) is 0.628. The van der Waals surface area contributed by atoms with Crippen molar-refractivity contribution < 1.29 is 14.6 Å². The molecule has 0 saturated carbocycles. The Kier molecular flexibility index (Phi) is 4.34. The van der Waals surface area contributed by atoms with Gasteiger partial charge in [-0.3, -0.25) is 4.79 Å². The predicted octanol–water partition coefficient (Wildman–Crippen LogP) is 4.33. The van der Waals surface area contributed by atoms with Crippen LogP contribution < -0.4 is 4.74 Å². The normalized spacial score (nSPS) is 12.0. The fourth-order valence-electron chi connectivity index (χ4n) is 2.93. The Morgan fingerprint density at radius 1 is 1.15 bits per heavy atom. The van der Waals surface area contributed by atoms with Gasteiger partial charge in [0.1, 0.15) is 10.8 Å². The number of aryl methyl sites for hydroxylation is 1. The molecule has 3 aromatic rings. The van der Waals surface area contributed by atoms with Crippen molar-refractivity contribution in [3.63, 3.8) is 0 Å². The van der Waals surface area contributed by atoms with Crippen molar-refractivity contribution in [2.75, 3.05) is 5.75 Å². The van der Waals surface area contributed by atoms with Crippen molar-refractivity contribution in [2.45, 2.75) is 18.4 Å². The molecule has 2 aromatic carbocycles. The SMILES string of the molecule is Cc1cccc2c1Oc1nc(-c3ccccc3)nc(SCC(=O)O)c1C2. The van der Waals surface area contributed by atoms with E-state index >= 15 is 0 Å². The second kappa shape index (κ2) is 6.80. The number of carboxylic acid groups (broad SMARTS) is 1. The van der Waals surface area contributed by atoms with Crippen LogP contribution in [0.1, 0.15) is 16.7 Å². The van der Waals surface area contributed by atoms with Gasteiger partial charge in [-0.1, -0.05) is 60.3 Å². The monoisotopic (exact) mass is 364 g/mol. The van der Waals surface area contributed by atoms with Crippen LogP contribution in [0, 0.1) is 6.92 Å². The van der Waals surface area contributed by atoms with E-state index in [1.54, 1.807) is 0 Å². The molecule has 5 nitrogen and oxygen atoms in total. The van der Waals surface area contributed by atoms with Gasteiger partial charge >= 0.3 is 5.97 Å². The number of hydrogen-bond donors (Lipinski definition) is 1. The van der Waals surface area contributed by atoms with Gasteiger partial charge in [0.05, 0.1) is 11.3 Å². The maximum absolute atomic E-state index is 11.0. The number of rotatable bonds is 4. The Labute approximate surface area is 155 Å². The van der Waals surface area contributed by atoms with Crippen LogP contribution in [0.3, 0.4) is 0 Å². The van der Waals surface area contributed by atoms with Gasteiger partial charge in [-0.25, -0.2) is 4.98 Å². The summed E-state index contributed by atoms with van der Waals surface area (Å²) < 4.78 is 6.11. The van der Waals surface area contributed by atoms with Crippen LogP contribution >= 0.6 is 11.8 Å². The zero-order valence-electron chi connectivity index (χ0n) is 14.1. The molecular formula is C20H16N2O3S. The summed E-state index contributed by atoms with van der Waals surface area (Å²) in [4.78, 5) is 20.3. The summed E-state index contributed by atoms with van der Waals surface area (Å²) in [6, 6.07) is 15.6. The molecule has 1 N–H and O–H groups in total. The van der Waals surface area contributed by atoms with Crippen LogP contribution in [0.25, 0.3) is 11.4 Å². The molecule has 130 valence electrons. The third-order valence-electron chi connectivity index (χ3n) is 4.15. The molecule has 1 aromatic heterocycles. The van der Waals surface area contributed by atoms with Crippen LogP contribution in [0.4, 0.5) is 0 Å². The van der Waals surface area contributed by atoms with Crippen molar-refractivity contribution in [3.05, 3.63) is 65.2 Å². The van der Waals surface area contributed by atoms with Crippen molar-refractivity contribution in [1.82, 2.24) is 9.97 Å². The summed E-state index contributed by atoms with van der Waals surface area (Å²) in [6.45, 7) is 2.00. The van der Waals surface area contributed by atoms with E-state index < -0.39 is 5.97 Å². The predicted molar refractivity (Wildman–Crippen MR) is 99.9 cm³/mol. The third kappa shape index (κ3) is 3.15. The van der Waals surface area contributed by atoms with Crippen LogP contribution in [-0.2, 0) is 11.2 Å². The quantitative estimate of drug-likeness (QED) is 0.429. The average Bonchev–Trinajstić information content (AvgIpc) is 2.65. The zero-order chi connectivity index (χ0) is 18.1. The number of carboxylic acids is 1. The van der Waals surface area contributed by atoms with E-state index in [9.17, 15) is 4.79 Å². The van der Waals surface area contributed by atoms with Gasteiger partial charge < -0.3 is 9.84 Å². The Balaban J connectivity index is 1.82. The third-order valence-corrected chi connectivity index (χ3v) is 5.16. The Bertz CT molecular complexity index is 990. The standard InChI is InChI=1S/C20H16N2O3S/c1-12-6-5-9-14-10-15-19(25-17(12)14)21-18(13-7-3-2-4-8-13)22-20(15)26-11-16(23)24/h2-9H,10-11H2,1H3,(H,23,24). The number of hydrogen-bond acceptors (Lipinski definition) is 5. The van der Waals surface area contributed by atoms with Crippen LogP contribution in [0.2, 0.25) is 0 Å². The van der Waals surface area contributed by atoms with Gasteiger partial charge in [0.2, 0.25) is 5.88 Å². The lowest BCUT2D eigenvalue weighted by Crippen LogP contribution is -2.10. The molecule has 0 spiro atoms. The lowest BCUT2D eigenvalue weighted by Gasteiger charge is -2.23. The first-order valence-electron chi connectivity index (χ1n) is 8.19. The summed E-state index contributed by atoms with van der Waals surface area (Å²) in [5.74, 6) is 0.935. The number of carbonyl (C=O) groups is 1. The average molecular weight is 364 g/mol. The molecule has 0 atom stereocenters. The second-order valence-corrected chi connectivity index (χ2v) is 6.99. The molecule has 4 rings (SSSR count). The van der Waals surface area contributed by atoms with Gasteiger partial charge in [0.25, 0.3) is 0 Å². The molecule has 1 aliphatic rings. The summed E-state index contributed by atoms with van der Waals surface area (Å²) in [5, 5.41) is 9.72. The van der Waals surface area contributed by atoms with Gasteiger partial charge in [0, 0.05) is 12.0 Å². The summed E-state index contributed by atoms with van der Waals surface area (Å²) >= 11 is 1.20. The molecule has 26 heavy (non-hydrogen) atoms. The number of ether oxygens (including phenoxy) is 1. The van der Waals surface area contributed by atoms with Crippen LogP contribution in [0.15, 0.2) is 53.6 Å². The highest BCUT2D eigenvalue weighted by Crippen LogP contribution is 2.41.